The van der Waals surface area contributed by atoms with Gasteiger partial charge >= 0.3 is 0 Å². The van der Waals surface area contributed by atoms with E-state index in [4.69, 9.17) is 4.74 Å². The largest absolute Gasteiger partial charge is 0.496 e. The highest BCUT2D eigenvalue weighted by molar-refractivity contribution is 5.58. The maximum absolute atomic E-state index is 5.58. The summed E-state index contributed by atoms with van der Waals surface area (Å²) < 4.78 is 5.58. The highest BCUT2D eigenvalue weighted by Gasteiger charge is 2.20. The molecule has 1 aliphatic rings. The molecule has 0 saturated heterocycles. The zero-order valence-corrected chi connectivity index (χ0v) is 13.4. The number of hydrogen-bond acceptors (Lipinski definition) is 3. The first kappa shape index (κ1) is 14.9. The molecule has 3 rings (SSSR count). The summed E-state index contributed by atoms with van der Waals surface area (Å²) in [6.45, 7) is 2.03. The molecule has 3 heteroatoms. The molecule has 2 aromatic rings. The first-order valence-electron chi connectivity index (χ1n) is 7.97. The third-order valence-corrected chi connectivity index (χ3v) is 4.44. The van der Waals surface area contributed by atoms with Crippen molar-refractivity contribution in [1.82, 2.24) is 5.32 Å². The fourth-order valence-corrected chi connectivity index (χ4v) is 3.27. The third-order valence-electron chi connectivity index (χ3n) is 4.44. The summed E-state index contributed by atoms with van der Waals surface area (Å²) in [6.07, 6.45) is 2.18. The minimum absolute atomic E-state index is 0.344. The Kier molecular flexibility index (Phi) is 4.64. The molecule has 1 aliphatic heterocycles. The minimum Gasteiger partial charge on any atom is -0.496 e. The summed E-state index contributed by atoms with van der Waals surface area (Å²) in [5.74, 6) is 1.31. The lowest BCUT2D eigenvalue weighted by Crippen LogP contribution is -2.14. The number of nitrogens with one attached hydrogen (secondary N) is 2. The predicted molar refractivity (Wildman–Crippen MR) is 92.0 cm³/mol. The van der Waals surface area contributed by atoms with Gasteiger partial charge in [0.25, 0.3) is 0 Å². The number of anilines is 1. The van der Waals surface area contributed by atoms with Crippen molar-refractivity contribution < 1.29 is 4.74 Å². The van der Waals surface area contributed by atoms with E-state index in [-0.39, 0.29) is 0 Å². The summed E-state index contributed by atoms with van der Waals surface area (Å²) >= 11 is 0. The lowest BCUT2D eigenvalue weighted by molar-refractivity contribution is 0.406. The van der Waals surface area contributed by atoms with E-state index in [1.165, 1.54) is 22.4 Å². The summed E-state index contributed by atoms with van der Waals surface area (Å²) in [6, 6.07) is 15.2. The molecule has 0 spiro atoms. The van der Waals surface area contributed by atoms with E-state index in [1.54, 1.807) is 7.11 Å². The molecule has 0 bridgehead atoms. The molecule has 22 heavy (non-hydrogen) atoms. The average molecular weight is 296 g/mol. The number of para-hydroxylation sites is 1. The Bertz CT molecular complexity index is 639. The summed E-state index contributed by atoms with van der Waals surface area (Å²) in [4.78, 5) is 0. The highest BCUT2D eigenvalue weighted by atomic mass is 16.5. The van der Waals surface area contributed by atoms with Crippen molar-refractivity contribution in [2.45, 2.75) is 18.8 Å². The lowest BCUT2D eigenvalue weighted by Gasteiger charge is -2.21. The van der Waals surface area contributed by atoms with E-state index in [1.807, 2.05) is 19.2 Å². The van der Waals surface area contributed by atoms with Gasteiger partial charge in [-0.3, -0.25) is 0 Å². The minimum atomic E-state index is 0.344. The normalized spacial score (nSPS) is 14.3. The van der Waals surface area contributed by atoms with Crippen LogP contribution in [0.4, 0.5) is 5.69 Å². The zero-order valence-electron chi connectivity index (χ0n) is 13.4. The van der Waals surface area contributed by atoms with Crippen molar-refractivity contribution in [2.75, 3.05) is 32.6 Å². The van der Waals surface area contributed by atoms with Crippen molar-refractivity contribution >= 4 is 5.69 Å². The van der Waals surface area contributed by atoms with Crippen LogP contribution in [0.15, 0.2) is 42.5 Å². The number of benzene rings is 2. The van der Waals surface area contributed by atoms with E-state index in [0.29, 0.717) is 5.92 Å². The van der Waals surface area contributed by atoms with Gasteiger partial charge in [0, 0.05) is 23.7 Å². The summed E-state index contributed by atoms with van der Waals surface area (Å²) in [5, 5.41) is 6.76. The molecule has 3 nitrogen and oxygen atoms in total. The Morgan fingerprint density at radius 1 is 1.23 bits per heavy atom. The fourth-order valence-electron chi connectivity index (χ4n) is 3.27. The standard InChI is InChI=1S/C19H24N2O/c1-20-11-10-16(17-5-3-4-6-19(17)22-2)15-8-7-14-9-12-21-18(14)13-15/h3-8,13,16,20-21H,9-12H2,1-2H3. The Morgan fingerprint density at radius 2 is 2.09 bits per heavy atom. The van der Waals surface area contributed by atoms with Crippen molar-refractivity contribution in [3.05, 3.63) is 59.2 Å². The topological polar surface area (TPSA) is 33.3 Å². The molecule has 0 aliphatic carbocycles. The van der Waals surface area contributed by atoms with Gasteiger partial charge in [0.15, 0.2) is 0 Å². The zero-order chi connectivity index (χ0) is 15.4. The van der Waals surface area contributed by atoms with E-state index in [0.717, 1.165) is 31.7 Å². The van der Waals surface area contributed by atoms with Crippen LogP contribution in [0.1, 0.15) is 29.0 Å². The van der Waals surface area contributed by atoms with Gasteiger partial charge in [-0.05, 0) is 49.7 Å². The molecule has 0 amide bonds. The summed E-state index contributed by atoms with van der Waals surface area (Å²) in [7, 11) is 3.75. The van der Waals surface area contributed by atoms with Crippen molar-refractivity contribution in [1.29, 1.82) is 0 Å². The van der Waals surface area contributed by atoms with Crippen LogP contribution in [0.25, 0.3) is 0 Å². The van der Waals surface area contributed by atoms with E-state index in [9.17, 15) is 0 Å². The molecule has 1 heterocycles. The number of rotatable bonds is 6. The first-order chi connectivity index (χ1) is 10.8. The molecule has 1 unspecified atom stereocenters. The van der Waals surface area contributed by atoms with Crippen LogP contribution >= 0.6 is 0 Å². The van der Waals surface area contributed by atoms with Crippen LogP contribution in [0, 0.1) is 0 Å². The van der Waals surface area contributed by atoms with Crippen molar-refractivity contribution in [3.63, 3.8) is 0 Å². The van der Waals surface area contributed by atoms with Gasteiger partial charge in [0.2, 0.25) is 0 Å². The van der Waals surface area contributed by atoms with Crippen LogP contribution in [0.5, 0.6) is 5.75 Å². The molecular weight excluding hydrogens is 272 g/mol. The molecule has 2 N–H and O–H groups in total. The molecule has 0 saturated carbocycles. The molecule has 0 aromatic heterocycles. The van der Waals surface area contributed by atoms with Gasteiger partial charge in [-0.1, -0.05) is 30.3 Å². The third kappa shape index (κ3) is 2.95. The van der Waals surface area contributed by atoms with E-state index < -0.39 is 0 Å². The van der Waals surface area contributed by atoms with Gasteiger partial charge in [-0.15, -0.1) is 0 Å². The van der Waals surface area contributed by atoms with Gasteiger partial charge in [-0.25, -0.2) is 0 Å². The average Bonchev–Trinajstić information content (AvgIpc) is 3.03. The van der Waals surface area contributed by atoms with Crippen LogP contribution in [0.2, 0.25) is 0 Å². The molecule has 2 aromatic carbocycles. The second kappa shape index (κ2) is 6.84. The van der Waals surface area contributed by atoms with E-state index >= 15 is 0 Å². The maximum Gasteiger partial charge on any atom is 0.122 e. The number of fused-ring (bicyclic) bond motifs is 1. The van der Waals surface area contributed by atoms with Gasteiger partial charge < -0.3 is 15.4 Å². The predicted octanol–water partition coefficient (Wildman–Crippen LogP) is 3.40. The number of methoxy groups -OCH3 is 1. The second-order valence-electron chi connectivity index (χ2n) is 5.78. The molecule has 1 atom stereocenters. The molecule has 0 radical (unpaired) electrons. The van der Waals surface area contributed by atoms with Crippen molar-refractivity contribution in [3.8, 4) is 5.75 Å². The lowest BCUT2D eigenvalue weighted by atomic mass is 9.87. The Balaban J connectivity index is 1.99. The van der Waals surface area contributed by atoms with Crippen LogP contribution in [0.3, 0.4) is 0 Å². The SMILES string of the molecule is CNCCC(c1ccc2c(c1)NCC2)c1ccccc1OC. The van der Waals surface area contributed by atoms with Gasteiger partial charge in [-0.2, -0.15) is 0 Å². The van der Waals surface area contributed by atoms with Gasteiger partial charge in [0.1, 0.15) is 5.75 Å². The van der Waals surface area contributed by atoms with Gasteiger partial charge in [0.05, 0.1) is 7.11 Å². The molecular formula is C19H24N2O. The highest BCUT2D eigenvalue weighted by Crippen LogP contribution is 2.36. The maximum atomic E-state index is 5.58. The van der Waals surface area contributed by atoms with Crippen molar-refractivity contribution in [2.24, 2.45) is 0 Å². The second-order valence-corrected chi connectivity index (χ2v) is 5.78. The monoisotopic (exact) mass is 296 g/mol. The van der Waals surface area contributed by atoms with Crippen LogP contribution in [-0.4, -0.2) is 27.2 Å². The molecule has 0 fully saturated rings. The fraction of sp³-hybridized carbons (Fsp3) is 0.368. The Hall–Kier alpha value is -2.00. The van der Waals surface area contributed by atoms with Crippen LogP contribution in [-0.2, 0) is 6.42 Å². The van der Waals surface area contributed by atoms with Crippen LogP contribution < -0.4 is 15.4 Å². The summed E-state index contributed by atoms with van der Waals surface area (Å²) in [5.41, 5.74) is 5.34. The Labute approximate surface area is 132 Å². The quantitative estimate of drug-likeness (QED) is 0.857. The first-order valence-corrected chi connectivity index (χ1v) is 7.97. The molecule has 116 valence electrons. The number of hydrogen-bond donors (Lipinski definition) is 2. The smallest absolute Gasteiger partial charge is 0.122 e. The number of ether oxygens (including phenoxy) is 1. The Morgan fingerprint density at radius 3 is 2.91 bits per heavy atom. The van der Waals surface area contributed by atoms with E-state index in [2.05, 4.69) is 41.0 Å².